The molecule has 2 rings (SSSR count). The Morgan fingerprint density at radius 1 is 1.07 bits per heavy atom. The van der Waals surface area contributed by atoms with Crippen LogP contribution < -0.4 is 73.4 Å². The van der Waals surface area contributed by atoms with Crippen molar-refractivity contribution >= 4 is 7.82 Å². The zero-order valence-electron chi connectivity index (χ0n) is 19.4. The molecule has 2 unspecified atom stereocenters. The number of rotatable bonds is 7. The van der Waals surface area contributed by atoms with E-state index in [0.717, 1.165) is 0 Å². The Balaban J connectivity index is 0.00000420. The minimum Gasteiger partial charge on any atom is -0.780 e. The van der Waals surface area contributed by atoms with Crippen LogP contribution in [0.25, 0.3) is 0 Å². The molecule has 0 saturated carbocycles. The SMILES string of the molecule is COC1(c2cccc(OP(=O)([O-])[O-])c2)OOC1(COCC(C)(C)C)C(C)(C)C.[Na+].[Na+]. The van der Waals surface area contributed by atoms with Gasteiger partial charge in [-0.15, -0.1) is 0 Å². The Labute approximate surface area is 223 Å². The first-order valence-corrected chi connectivity index (χ1v) is 10.4. The molecular weight excluding hydrogens is 433 g/mol. The summed E-state index contributed by atoms with van der Waals surface area (Å²) in [6, 6.07) is 5.98. The minimum atomic E-state index is -5.20. The topological polar surface area (TPSA) is 109 Å². The van der Waals surface area contributed by atoms with Crippen LogP contribution in [-0.2, 0) is 29.6 Å². The second-order valence-electron chi connectivity index (χ2n) is 9.18. The third-order valence-electron chi connectivity index (χ3n) is 4.60. The van der Waals surface area contributed by atoms with E-state index < -0.39 is 24.6 Å². The maximum absolute atomic E-state index is 11.0. The summed E-state index contributed by atoms with van der Waals surface area (Å²) >= 11 is 0. The van der Waals surface area contributed by atoms with Gasteiger partial charge in [-0.05, 0) is 17.5 Å². The molecule has 1 aliphatic heterocycles. The molecule has 2 atom stereocenters. The van der Waals surface area contributed by atoms with E-state index in [0.29, 0.717) is 12.2 Å². The second-order valence-corrected chi connectivity index (χ2v) is 10.3. The summed E-state index contributed by atoms with van der Waals surface area (Å²) in [7, 11) is -3.73. The largest absolute Gasteiger partial charge is 1.00 e. The van der Waals surface area contributed by atoms with Gasteiger partial charge in [-0.1, -0.05) is 53.7 Å². The summed E-state index contributed by atoms with van der Waals surface area (Å²) in [6.07, 6.45) is 0. The minimum absolute atomic E-state index is 0. The van der Waals surface area contributed by atoms with E-state index in [1.54, 1.807) is 12.1 Å². The molecule has 1 saturated heterocycles. The fourth-order valence-electron chi connectivity index (χ4n) is 3.16. The van der Waals surface area contributed by atoms with Gasteiger partial charge in [-0.2, -0.15) is 4.89 Å². The van der Waals surface area contributed by atoms with Crippen molar-refractivity contribution in [3.63, 3.8) is 0 Å². The van der Waals surface area contributed by atoms with E-state index in [1.807, 2.05) is 20.8 Å². The molecule has 1 aromatic carbocycles. The summed E-state index contributed by atoms with van der Waals surface area (Å²) in [5.41, 5.74) is -1.11. The first-order valence-electron chi connectivity index (χ1n) is 8.98. The van der Waals surface area contributed by atoms with Crippen LogP contribution in [0.3, 0.4) is 0 Å². The average Bonchev–Trinajstić information content (AvgIpc) is 2.48. The van der Waals surface area contributed by atoms with Crippen molar-refractivity contribution in [1.29, 1.82) is 0 Å². The number of ether oxygens (including phenoxy) is 2. The predicted molar refractivity (Wildman–Crippen MR) is 98.0 cm³/mol. The van der Waals surface area contributed by atoms with Crippen LogP contribution in [0.2, 0.25) is 0 Å². The van der Waals surface area contributed by atoms with Gasteiger partial charge in [0, 0.05) is 18.1 Å². The van der Waals surface area contributed by atoms with Gasteiger partial charge in [0.15, 0.2) is 5.60 Å². The van der Waals surface area contributed by atoms with E-state index >= 15 is 0 Å². The second kappa shape index (κ2) is 11.0. The molecule has 8 nitrogen and oxygen atoms in total. The fourth-order valence-corrected chi connectivity index (χ4v) is 3.53. The number of methoxy groups -OCH3 is 1. The van der Waals surface area contributed by atoms with Crippen molar-refractivity contribution in [3.05, 3.63) is 29.8 Å². The molecule has 1 aromatic rings. The zero-order valence-corrected chi connectivity index (χ0v) is 24.3. The Bertz CT molecular complexity index is 739. The summed E-state index contributed by atoms with van der Waals surface area (Å²) < 4.78 is 27.2. The summed E-state index contributed by atoms with van der Waals surface area (Å²) in [4.78, 5) is 33.1. The molecule has 0 N–H and O–H groups in total. The number of benzene rings is 1. The monoisotopic (exact) mass is 462 g/mol. The van der Waals surface area contributed by atoms with Gasteiger partial charge >= 0.3 is 59.1 Å². The first kappa shape index (κ1) is 31.0. The number of phosphoric acid groups is 1. The first-order chi connectivity index (χ1) is 12.7. The van der Waals surface area contributed by atoms with Crippen molar-refractivity contribution < 1.29 is 97.2 Å². The van der Waals surface area contributed by atoms with Crippen molar-refractivity contribution in [2.45, 2.75) is 52.9 Å². The third kappa shape index (κ3) is 6.76. The smallest absolute Gasteiger partial charge is 0.780 e. The van der Waals surface area contributed by atoms with Gasteiger partial charge in [0.1, 0.15) is 13.6 Å². The molecule has 0 bridgehead atoms. The van der Waals surface area contributed by atoms with Gasteiger partial charge in [-0.25, -0.2) is 4.89 Å². The maximum atomic E-state index is 11.0. The van der Waals surface area contributed by atoms with Crippen LogP contribution >= 0.6 is 7.82 Å². The van der Waals surface area contributed by atoms with Crippen LogP contribution in [0, 0.1) is 10.8 Å². The molecule has 160 valence electrons. The van der Waals surface area contributed by atoms with E-state index in [2.05, 4.69) is 25.3 Å². The van der Waals surface area contributed by atoms with Crippen molar-refractivity contribution in [1.82, 2.24) is 0 Å². The molecule has 1 fully saturated rings. The molecule has 11 heteroatoms. The maximum Gasteiger partial charge on any atom is 1.00 e. The molecule has 30 heavy (non-hydrogen) atoms. The molecule has 0 spiro atoms. The van der Waals surface area contributed by atoms with Gasteiger partial charge in [0.05, 0.1) is 13.2 Å². The Hall–Kier alpha value is 1.01. The van der Waals surface area contributed by atoms with Crippen LogP contribution in [-0.4, -0.2) is 25.9 Å². The third-order valence-corrected chi connectivity index (χ3v) is 5.04. The van der Waals surface area contributed by atoms with Crippen molar-refractivity contribution in [2.75, 3.05) is 20.3 Å². The van der Waals surface area contributed by atoms with Crippen LogP contribution in [0.5, 0.6) is 5.75 Å². The molecule has 1 heterocycles. The molecule has 0 aromatic heterocycles. The molecular formula is C19H29Na2O8P. The number of hydrogen-bond acceptors (Lipinski definition) is 8. The summed E-state index contributed by atoms with van der Waals surface area (Å²) in [5.74, 6) is -1.51. The van der Waals surface area contributed by atoms with E-state index in [1.165, 1.54) is 19.2 Å². The Morgan fingerprint density at radius 2 is 1.67 bits per heavy atom. The van der Waals surface area contributed by atoms with Gasteiger partial charge in [0.2, 0.25) is 0 Å². The quantitative estimate of drug-likeness (QED) is 0.234. The van der Waals surface area contributed by atoms with Crippen molar-refractivity contribution in [2.24, 2.45) is 10.8 Å². The normalized spacial score (nSPS) is 24.3. The van der Waals surface area contributed by atoms with Gasteiger partial charge < -0.3 is 28.3 Å². The van der Waals surface area contributed by atoms with Crippen LogP contribution in [0.4, 0.5) is 0 Å². The molecule has 0 amide bonds. The average molecular weight is 462 g/mol. The van der Waals surface area contributed by atoms with Gasteiger partial charge in [-0.3, -0.25) is 0 Å². The fraction of sp³-hybridized carbons (Fsp3) is 0.684. The Kier molecular flexibility index (Phi) is 11.3. The van der Waals surface area contributed by atoms with Crippen molar-refractivity contribution in [3.8, 4) is 5.75 Å². The standard InChI is InChI=1S/C19H31O8P.2Na/c1-16(2,3)12-24-13-18(17(4,5)6)19(23-7,27-26-18)14-9-8-10-15(11-14)25-28(20,21)22;;/h8-11H,12-13H2,1-7H3,(H2,20,21,22);;/q;2*+1/p-2. The zero-order chi connectivity index (χ0) is 21.4. The van der Waals surface area contributed by atoms with Crippen LogP contribution in [0.15, 0.2) is 24.3 Å². The summed E-state index contributed by atoms with van der Waals surface area (Å²) in [6.45, 7) is 12.7. The Morgan fingerprint density at radius 3 is 2.07 bits per heavy atom. The molecule has 0 radical (unpaired) electrons. The van der Waals surface area contributed by atoms with E-state index in [4.69, 9.17) is 19.2 Å². The van der Waals surface area contributed by atoms with E-state index in [9.17, 15) is 14.4 Å². The number of phosphoric ester groups is 1. The molecule has 1 aliphatic rings. The van der Waals surface area contributed by atoms with E-state index in [-0.39, 0.29) is 76.9 Å². The predicted octanol–water partition coefficient (Wildman–Crippen LogP) is -3.49. The molecule has 0 aliphatic carbocycles. The van der Waals surface area contributed by atoms with Gasteiger partial charge in [0.25, 0.3) is 5.79 Å². The summed E-state index contributed by atoms with van der Waals surface area (Å²) in [5, 5.41) is 0. The van der Waals surface area contributed by atoms with Crippen LogP contribution in [0.1, 0.15) is 47.1 Å². The number of hydrogen-bond donors (Lipinski definition) is 0.